The van der Waals surface area contributed by atoms with Crippen molar-refractivity contribution >= 4 is 34.1 Å². The molecule has 1 fully saturated rings. The zero-order valence-electron chi connectivity index (χ0n) is 16.9. The van der Waals surface area contributed by atoms with Crippen molar-refractivity contribution < 1.29 is 0 Å². The van der Waals surface area contributed by atoms with E-state index in [1.54, 1.807) is 22.9 Å². The Labute approximate surface area is 183 Å². The molecule has 0 bridgehead atoms. The molecule has 1 aliphatic heterocycles. The molecule has 0 aliphatic carbocycles. The molecule has 0 spiro atoms. The minimum Gasteiger partial charge on any atom is -0.382 e. The molecule has 10 nitrogen and oxygen atoms in total. The molecular weight excluding hydrogens is 418 g/mol. The minimum atomic E-state index is -0.479. The molecule has 0 amide bonds. The summed E-state index contributed by atoms with van der Waals surface area (Å²) in [5, 5.41) is 15.2. The van der Waals surface area contributed by atoms with Gasteiger partial charge in [-0.1, -0.05) is 17.7 Å². The Hall–Kier alpha value is -3.42. The van der Waals surface area contributed by atoms with Crippen LogP contribution in [0.3, 0.4) is 0 Å². The van der Waals surface area contributed by atoms with E-state index >= 15 is 0 Å². The molecule has 1 unspecified atom stereocenters. The molecule has 1 aromatic carbocycles. The first-order valence-electron chi connectivity index (χ1n) is 9.89. The van der Waals surface area contributed by atoms with E-state index in [0.717, 1.165) is 12.8 Å². The van der Waals surface area contributed by atoms with Crippen LogP contribution in [0.15, 0.2) is 29.3 Å². The first kappa shape index (κ1) is 20.8. The highest BCUT2D eigenvalue weighted by atomic mass is 35.5. The third-order valence-corrected chi connectivity index (χ3v) is 5.69. The maximum atomic E-state index is 13.5. The number of hydrogen-bond acceptors (Lipinski definition) is 9. The second-order valence-corrected chi connectivity index (χ2v) is 7.88. The van der Waals surface area contributed by atoms with Gasteiger partial charge in [0, 0.05) is 19.1 Å². The second-order valence-electron chi connectivity index (χ2n) is 7.47. The van der Waals surface area contributed by atoms with Crippen molar-refractivity contribution in [1.29, 1.82) is 5.26 Å². The average molecular weight is 440 g/mol. The molecule has 0 saturated carbocycles. The molecule has 11 heteroatoms. The Morgan fingerprint density at radius 2 is 2.06 bits per heavy atom. The summed E-state index contributed by atoms with van der Waals surface area (Å²) in [7, 11) is 0. The predicted molar refractivity (Wildman–Crippen MR) is 119 cm³/mol. The van der Waals surface area contributed by atoms with Crippen LogP contribution in [0.5, 0.6) is 0 Å². The number of benzene rings is 1. The summed E-state index contributed by atoms with van der Waals surface area (Å²) in [6, 6.07) is 6.81. The number of nitrogens with two attached hydrogens (primary N) is 2. The fourth-order valence-corrected chi connectivity index (χ4v) is 3.98. The lowest BCUT2D eigenvalue weighted by Gasteiger charge is -2.35. The van der Waals surface area contributed by atoms with E-state index in [4.69, 9.17) is 28.1 Å². The summed E-state index contributed by atoms with van der Waals surface area (Å²) in [4.78, 5) is 26.3. The van der Waals surface area contributed by atoms with Gasteiger partial charge in [0.05, 0.1) is 22.0 Å². The standard InChI is InChI=1S/C20H22ClN9O/c1-11(27-18-13(9-22)17(24)25-10-26-18)19-28-15-4-2-3-14(21)16(15)20(31)30(19)29-7-5-12(23)6-8-29/h2-4,10-12H,5-8,23H2,1H3,(H3,24,25,26,27). The number of hydrogen-bond donors (Lipinski definition) is 3. The van der Waals surface area contributed by atoms with Crippen molar-refractivity contribution in [2.24, 2.45) is 5.73 Å². The van der Waals surface area contributed by atoms with Crippen molar-refractivity contribution in [1.82, 2.24) is 19.6 Å². The number of piperidine rings is 1. The van der Waals surface area contributed by atoms with E-state index in [9.17, 15) is 10.1 Å². The van der Waals surface area contributed by atoms with Crippen LogP contribution in [0.1, 0.15) is 37.2 Å². The van der Waals surface area contributed by atoms with Gasteiger partial charge in [-0.2, -0.15) is 5.26 Å². The lowest BCUT2D eigenvalue weighted by Crippen LogP contribution is -2.51. The number of nitrogen functional groups attached to an aromatic ring is 1. The van der Waals surface area contributed by atoms with Gasteiger partial charge in [0.15, 0.2) is 5.82 Å². The number of fused-ring (bicyclic) bond motifs is 1. The highest BCUT2D eigenvalue weighted by molar-refractivity contribution is 6.35. The van der Waals surface area contributed by atoms with Gasteiger partial charge in [0.1, 0.15) is 29.6 Å². The van der Waals surface area contributed by atoms with Crippen LogP contribution in [-0.4, -0.2) is 38.8 Å². The largest absolute Gasteiger partial charge is 0.382 e. The van der Waals surface area contributed by atoms with E-state index in [1.165, 1.54) is 6.33 Å². The average Bonchev–Trinajstić information content (AvgIpc) is 2.74. The number of anilines is 2. The summed E-state index contributed by atoms with van der Waals surface area (Å²) in [5.41, 5.74) is 12.2. The summed E-state index contributed by atoms with van der Waals surface area (Å²) >= 11 is 6.34. The molecule has 0 radical (unpaired) electrons. The predicted octanol–water partition coefficient (Wildman–Crippen LogP) is 1.53. The van der Waals surface area contributed by atoms with Crippen LogP contribution in [-0.2, 0) is 0 Å². The number of rotatable bonds is 4. The van der Waals surface area contributed by atoms with Gasteiger partial charge in [-0.25, -0.2) is 19.6 Å². The highest BCUT2D eigenvalue weighted by Gasteiger charge is 2.25. The summed E-state index contributed by atoms with van der Waals surface area (Å²) in [6.07, 6.45) is 2.79. The monoisotopic (exact) mass is 439 g/mol. The fourth-order valence-electron chi connectivity index (χ4n) is 3.73. The second kappa shape index (κ2) is 8.37. The highest BCUT2D eigenvalue weighted by Crippen LogP contribution is 2.25. The molecule has 4 rings (SSSR count). The van der Waals surface area contributed by atoms with Gasteiger partial charge in [-0.15, -0.1) is 0 Å². The van der Waals surface area contributed by atoms with Crippen molar-refractivity contribution in [3.63, 3.8) is 0 Å². The summed E-state index contributed by atoms with van der Waals surface area (Å²) in [5.74, 6) is 0.819. The van der Waals surface area contributed by atoms with E-state index in [0.29, 0.717) is 34.8 Å². The quantitative estimate of drug-likeness (QED) is 0.549. The van der Waals surface area contributed by atoms with Crippen molar-refractivity contribution in [2.75, 3.05) is 29.1 Å². The van der Waals surface area contributed by atoms with Crippen molar-refractivity contribution in [2.45, 2.75) is 31.8 Å². The zero-order valence-corrected chi connectivity index (χ0v) is 17.7. The Kier molecular flexibility index (Phi) is 5.63. The molecule has 3 heterocycles. The molecule has 3 aromatic rings. The molecule has 160 valence electrons. The molecule has 1 saturated heterocycles. The van der Waals surface area contributed by atoms with E-state index in [-0.39, 0.29) is 28.8 Å². The van der Waals surface area contributed by atoms with Crippen LogP contribution >= 0.6 is 11.6 Å². The topological polar surface area (TPSA) is 152 Å². The van der Waals surface area contributed by atoms with Crippen LogP contribution < -0.4 is 27.4 Å². The van der Waals surface area contributed by atoms with Gasteiger partial charge >= 0.3 is 0 Å². The molecule has 31 heavy (non-hydrogen) atoms. The Morgan fingerprint density at radius 1 is 1.32 bits per heavy atom. The molecule has 1 aliphatic rings. The number of nitrogens with zero attached hydrogens (tertiary/aromatic N) is 6. The van der Waals surface area contributed by atoms with Crippen LogP contribution in [0, 0.1) is 11.3 Å². The van der Waals surface area contributed by atoms with Crippen LogP contribution in [0.2, 0.25) is 5.02 Å². The Bertz CT molecular complexity index is 1230. The van der Waals surface area contributed by atoms with Gasteiger partial charge in [0.25, 0.3) is 5.56 Å². The SMILES string of the molecule is CC(Nc1ncnc(N)c1C#N)c1nc2cccc(Cl)c2c(=O)n1N1CCC(N)CC1. The molecule has 2 aromatic heterocycles. The molecular formula is C20H22ClN9O. The van der Waals surface area contributed by atoms with Crippen LogP contribution in [0.25, 0.3) is 10.9 Å². The lowest BCUT2D eigenvalue weighted by atomic mass is 10.1. The maximum Gasteiger partial charge on any atom is 0.281 e. The van der Waals surface area contributed by atoms with Crippen molar-refractivity contribution in [3.05, 3.63) is 51.3 Å². The summed E-state index contributed by atoms with van der Waals surface area (Å²) < 4.78 is 1.56. The van der Waals surface area contributed by atoms with Gasteiger partial charge < -0.3 is 21.8 Å². The first-order chi connectivity index (χ1) is 14.9. The van der Waals surface area contributed by atoms with Gasteiger partial charge in [-0.3, -0.25) is 4.79 Å². The molecule has 1 atom stereocenters. The Morgan fingerprint density at radius 3 is 2.77 bits per heavy atom. The normalized spacial score (nSPS) is 15.6. The lowest BCUT2D eigenvalue weighted by molar-refractivity contribution is 0.414. The zero-order chi connectivity index (χ0) is 22.1. The maximum absolute atomic E-state index is 13.5. The first-order valence-corrected chi connectivity index (χ1v) is 10.3. The van der Waals surface area contributed by atoms with Gasteiger partial charge in [-0.05, 0) is 31.9 Å². The van der Waals surface area contributed by atoms with E-state index < -0.39 is 6.04 Å². The molecule has 5 N–H and O–H groups in total. The van der Waals surface area contributed by atoms with Gasteiger partial charge in [0.2, 0.25) is 0 Å². The minimum absolute atomic E-state index is 0.0767. The van der Waals surface area contributed by atoms with Crippen LogP contribution in [0.4, 0.5) is 11.6 Å². The van der Waals surface area contributed by atoms with E-state index in [1.807, 2.05) is 18.0 Å². The smallest absolute Gasteiger partial charge is 0.281 e. The number of halogens is 1. The summed E-state index contributed by atoms with van der Waals surface area (Å²) in [6.45, 7) is 3.06. The number of aromatic nitrogens is 4. The third-order valence-electron chi connectivity index (χ3n) is 5.38. The van der Waals surface area contributed by atoms with E-state index in [2.05, 4.69) is 15.3 Å². The van der Waals surface area contributed by atoms with Crippen molar-refractivity contribution in [3.8, 4) is 6.07 Å². The Balaban J connectivity index is 1.84. The number of nitrogens with one attached hydrogen (secondary N) is 1. The fraction of sp³-hybridized carbons (Fsp3) is 0.350. The third kappa shape index (κ3) is 3.85. The number of nitriles is 1.